The minimum atomic E-state index is -0.590. The third-order valence-electron chi connectivity index (χ3n) is 3.86. The van der Waals surface area contributed by atoms with E-state index in [9.17, 15) is 14.4 Å². The van der Waals surface area contributed by atoms with Crippen molar-refractivity contribution < 1.29 is 4.79 Å². The van der Waals surface area contributed by atoms with Gasteiger partial charge in [-0.05, 0) is 19.8 Å². The maximum atomic E-state index is 12.3. The molecule has 21 heavy (non-hydrogen) atoms. The van der Waals surface area contributed by atoms with Crippen LogP contribution in [0.1, 0.15) is 32.6 Å². The topological polar surface area (TPSA) is 90.3 Å². The van der Waals surface area contributed by atoms with Gasteiger partial charge in [0, 0.05) is 25.8 Å². The highest BCUT2D eigenvalue weighted by molar-refractivity contribution is 5.76. The van der Waals surface area contributed by atoms with E-state index in [1.54, 1.807) is 11.8 Å². The second-order valence-electron chi connectivity index (χ2n) is 5.34. The van der Waals surface area contributed by atoms with Gasteiger partial charge in [0.15, 0.2) is 0 Å². The second kappa shape index (κ2) is 6.60. The predicted octanol–water partition coefficient (Wildman–Crippen LogP) is 0.0147. The van der Waals surface area contributed by atoms with Crippen LogP contribution in [0.2, 0.25) is 0 Å². The number of carbonyl (C=O) groups excluding carboxylic acids is 1. The van der Waals surface area contributed by atoms with Crippen molar-refractivity contribution in [1.29, 1.82) is 0 Å². The largest absolute Gasteiger partial charge is 0.393 e. The van der Waals surface area contributed by atoms with Crippen LogP contribution in [0, 0.1) is 0 Å². The van der Waals surface area contributed by atoms with Crippen LogP contribution >= 0.6 is 0 Å². The number of hydrogen-bond donors (Lipinski definition) is 1. The Balaban J connectivity index is 2.26. The van der Waals surface area contributed by atoms with Gasteiger partial charge in [-0.1, -0.05) is 12.8 Å². The minimum Gasteiger partial charge on any atom is -0.393 e. The van der Waals surface area contributed by atoms with Gasteiger partial charge in [0.1, 0.15) is 12.2 Å². The Bertz CT molecular complexity index is 624. The molecule has 1 fully saturated rings. The van der Waals surface area contributed by atoms with Crippen molar-refractivity contribution in [2.75, 3.05) is 18.8 Å². The molecular formula is C14H22N4O3. The van der Waals surface area contributed by atoms with Gasteiger partial charge < -0.3 is 10.6 Å². The second-order valence-corrected chi connectivity index (χ2v) is 5.34. The van der Waals surface area contributed by atoms with Crippen LogP contribution in [-0.4, -0.2) is 33.0 Å². The maximum Gasteiger partial charge on any atom is 0.331 e. The van der Waals surface area contributed by atoms with E-state index in [4.69, 9.17) is 5.73 Å². The molecule has 2 N–H and O–H groups in total. The van der Waals surface area contributed by atoms with E-state index < -0.39 is 11.2 Å². The molecule has 116 valence electrons. The third-order valence-corrected chi connectivity index (χ3v) is 3.86. The summed E-state index contributed by atoms with van der Waals surface area (Å²) in [5.74, 6) is -0.190. The van der Waals surface area contributed by atoms with Gasteiger partial charge >= 0.3 is 5.69 Å². The highest BCUT2D eigenvalue weighted by Gasteiger charge is 2.18. The Morgan fingerprint density at radius 1 is 1.19 bits per heavy atom. The fraction of sp³-hybridized carbons (Fsp3) is 0.643. The molecule has 1 aromatic heterocycles. The van der Waals surface area contributed by atoms with Crippen LogP contribution in [0.3, 0.4) is 0 Å². The fourth-order valence-electron chi connectivity index (χ4n) is 2.60. The lowest BCUT2D eigenvalue weighted by molar-refractivity contribution is -0.131. The van der Waals surface area contributed by atoms with E-state index in [2.05, 4.69) is 0 Å². The highest BCUT2D eigenvalue weighted by atomic mass is 16.2. The first-order valence-electron chi connectivity index (χ1n) is 7.42. The molecule has 1 aromatic rings. The zero-order chi connectivity index (χ0) is 15.4. The average molecular weight is 294 g/mol. The first kappa shape index (κ1) is 15.3. The molecule has 0 saturated carbocycles. The van der Waals surface area contributed by atoms with Crippen molar-refractivity contribution in [1.82, 2.24) is 14.0 Å². The Hall–Kier alpha value is -2.05. The third kappa shape index (κ3) is 3.34. The van der Waals surface area contributed by atoms with Gasteiger partial charge in [0.2, 0.25) is 5.91 Å². The molecular weight excluding hydrogens is 272 g/mol. The summed E-state index contributed by atoms with van der Waals surface area (Å²) in [7, 11) is 0. The molecule has 0 aromatic carbocycles. The number of likely N-dealkylation sites (tertiary alicyclic amines) is 1. The zero-order valence-corrected chi connectivity index (χ0v) is 12.4. The number of carbonyl (C=O) groups is 1. The van der Waals surface area contributed by atoms with E-state index in [0.717, 1.165) is 30.3 Å². The number of nitrogens with two attached hydrogens (primary N) is 1. The molecule has 7 nitrogen and oxygen atoms in total. The van der Waals surface area contributed by atoms with E-state index in [-0.39, 0.29) is 18.1 Å². The lowest BCUT2D eigenvalue weighted by Gasteiger charge is -2.20. The van der Waals surface area contributed by atoms with Crippen LogP contribution in [0.4, 0.5) is 5.69 Å². The number of nitrogens with zero attached hydrogens (tertiary/aromatic N) is 3. The summed E-state index contributed by atoms with van der Waals surface area (Å²) in [6.45, 7) is 3.34. The van der Waals surface area contributed by atoms with Crippen molar-refractivity contribution >= 4 is 11.6 Å². The molecule has 2 heterocycles. The van der Waals surface area contributed by atoms with Crippen LogP contribution in [-0.2, 0) is 17.9 Å². The molecule has 0 radical (unpaired) electrons. The Morgan fingerprint density at radius 3 is 2.38 bits per heavy atom. The van der Waals surface area contributed by atoms with E-state index in [1.165, 1.54) is 10.8 Å². The molecule has 7 heteroatoms. The summed E-state index contributed by atoms with van der Waals surface area (Å²) in [5, 5.41) is 0. The van der Waals surface area contributed by atoms with Crippen LogP contribution in [0.25, 0.3) is 0 Å². The molecule has 1 amide bonds. The maximum absolute atomic E-state index is 12.3. The Kier molecular flexibility index (Phi) is 4.82. The Morgan fingerprint density at radius 2 is 1.81 bits per heavy atom. The van der Waals surface area contributed by atoms with Gasteiger partial charge in [-0.25, -0.2) is 9.36 Å². The van der Waals surface area contributed by atoms with Crippen LogP contribution in [0.5, 0.6) is 0 Å². The van der Waals surface area contributed by atoms with E-state index >= 15 is 0 Å². The zero-order valence-electron chi connectivity index (χ0n) is 12.4. The van der Waals surface area contributed by atoms with Crippen molar-refractivity contribution in [3.63, 3.8) is 0 Å². The van der Waals surface area contributed by atoms with Crippen LogP contribution < -0.4 is 17.0 Å². The van der Waals surface area contributed by atoms with E-state index in [1.807, 2.05) is 0 Å². The number of amides is 1. The fourth-order valence-corrected chi connectivity index (χ4v) is 2.60. The van der Waals surface area contributed by atoms with E-state index in [0.29, 0.717) is 19.6 Å². The van der Waals surface area contributed by atoms with Gasteiger partial charge in [0.05, 0.1) is 0 Å². The molecule has 0 atom stereocenters. The smallest absolute Gasteiger partial charge is 0.331 e. The summed E-state index contributed by atoms with van der Waals surface area (Å²) in [4.78, 5) is 38.2. The van der Waals surface area contributed by atoms with Crippen molar-refractivity contribution in [3.05, 3.63) is 27.0 Å². The molecule has 1 aliphatic heterocycles. The monoisotopic (exact) mass is 294 g/mol. The number of aryl methyl sites for hydroxylation is 1. The summed E-state index contributed by atoms with van der Waals surface area (Å²) in [5.41, 5.74) is 4.54. The molecule has 0 aliphatic carbocycles. The first-order chi connectivity index (χ1) is 10.0. The number of rotatable bonds is 3. The number of hydrogen-bond acceptors (Lipinski definition) is 4. The highest BCUT2D eigenvalue weighted by Crippen LogP contribution is 2.09. The quantitative estimate of drug-likeness (QED) is 0.850. The molecule has 0 unspecified atom stereocenters. The summed E-state index contributed by atoms with van der Waals surface area (Å²) in [6.07, 6.45) is 5.50. The molecule has 0 bridgehead atoms. The lowest BCUT2D eigenvalue weighted by Crippen LogP contribution is -2.45. The number of aromatic nitrogens is 2. The van der Waals surface area contributed by atoms with Crippen LogP contribution in [0.15, 0.2) is 15.8 Å². The number of anilines is 1. The first-order valence-corrected chi connectivity index (χ1v) is 7.42. The average Bonchev–Trinajstić information content (AvgIpc) is 2.76. The standard InChI is InChI=1S/C14H22N4O3/c1-2-16-9-11(15)13(20)18(14(16)21)10-12(19)17-7-5-3-4-6-8-17/h9H,2-8,10,15H2,1H3. The molecule has 0 spiro atoms. The minimum absolute atomic E-state index is 0.0138. The van der Waals surface area contributed by atoms with Gasteiger partial charge in [0.25, 0.3) is 5.56 Å². The normalized spacial score (nSPS) is 15.8. The van der Waals surface area contributed by atoms with Gasteiger partial charge in [-0.2, -0.15) is 0 Å². The van der Waals surface area contributed by atoms with Gasteiger partial charge in [-0.3, -0.25) is 14.2 Å². The lowest BCUT2D eigenvalue weighted by atomic mass is 10.2. The van der Waals surface area contributed by atoms with Crippen molar-refractivity contribution in [2.45, 2.75) is 45.7 Å². The molecule has 1 aliphatic rings. The summed E-state index contributed by atoms with van der Waals surface area (Å²) in [6, 6.07) is 0. The number of nitrogen functional groups attached to an aromatic ring is 1. The van der Waals surface area contributed by atoms with Gasteiger partial charge in [-0.15, -0.1) is 0 Å². The predicted molar refractivity (Wildman–Crippen MR) is 80.1 cm³/mol. The van der Waals surface area contributed by atoms with Crippen molar-refractivity contribution in [2.24, 2.45) is 0 Å². The summed E-state index contributed by atoms with van der Waals surface area (Å²) < 4.78 is 2.28. The molecule has 2 rings (SSSR count). The molecule has 1 saturated heterocycles. The summed E-state index contributed by atoms with van der Waals surface area (Å²) >= 11 is 0. The van der Waals surface area contributed by atoms with Crippen molar-refractivity contribution in [3.8, 4) is 0 Å². The SMILES string of the molecule is CCn1cc(N)c(=O)n(CC(=O)N2CCCCCC2)c1=O. The Labute approximate surface area is 123 Å².